The Bertz CT molecular complexity index is 1420. The number of fused-ring (bicyclic) bond motifs is 2. The maximum atomic E-state index is 14.1. The first kappa shape index (κ1) is 19.9. The highest BCUT2D eigenvalue weighted by Crippen LogP contribution is 2.47. The number of pyridine rings is 1. The Hall–Kier alpha value is -3.79. The van der Waals surface area contributed by atoms with Gasteiger partial charge in [0.2, 0.25) is 11.4 Å². The molecule has 3 aromatic carbocycles. The zero-order valence-electron chi connectivity index (χ0n) is 18.7. The standard InChI is InChI=1S/C29H24N2O2/c1-18-7-11-20(12-8-18)26-27(21-13-9-19(2)10-14-21)31-33-29(26)16-15-25-23(28(29)32)17-22-5-3-4-6-24(22)30-25/h3-14,17,26H,15-16H2,1-2H3/t26-,29-/m1/s1. The second-order valence-corrected chi connectivity index (χ2v) is 9.17. The highest BCUT2D eigenvalue weighted by atomic mass is 16.7. The van der Waals surface area contributed by atoms with E-state index in [1.165, 1.54) is 11.1 Å². The molecule has 0 saturated carbocycles. The molecule has 0 saturated heterocycles. The van der Waals surface area contributed by atoms with Crippen molar-refractivity contribution in [2.75, 3.05) is 0 Å². The number of oxime groups is 1. The first-order valence-electron chi connectivity index (χ1n) is 11.4. The number of carbonyl (C=O) groups is 1. The summed E-state index contributed by atoms with van der Waals surface area (Å²) in [5.74, 6) is -0.314. The topological polar surface area (TPSA) is 51.6 Å². The number of benzene rings is 3. The van der Waals surface area contributed by atoms with Gasteiger partial charge in [-0.2, -0.15) is 0 Å². The van der Waals surface area contributed by atoms with Crippen LogP contribution in [0.15, 0.2) is 84.0 Å². The van der Waals surface area contributed by atoms with E-state index >= 15 is 0 Å². The number of hydrogen-bond donors (Lipinski definition) is 0. The second kappa shape index (κ2) is 7.38. The molecular weight excluding hydrogens is 408 g/mol. The maximum Gasteiger partial charge on any atom is 0.212 e. The number of hydrogen-bond acceptors (Lipinski definition) is 4. The minimum atomic E-state index is -1.06. The normalized spacial score (nSPS) is 21.7. The molecule has 1 aliphatic carbocycles. The third-order valence-corrected chi connectivity index (χ3v) is 6.97. The van der Waals surface area contributed by atoms with Crippen molar-refractivity contribution in [2.45, 2.75) is 38.2 Å². The van der Waals surface area contributed by atoms with Crippen LogP contribution in [-0.4, -0.2) is 22.1 Å². The summed E-state index contributed by atoms with van der Waals surface area (Å²) in [6, 6.07) is 26.6. The van der Waals surface area contributed by atoms with Crippen molar-refractivity contribution in [3.63, 3.8) is 0 Å². The molecule has 0 bridgehead atoms. The predicted octanol–water partition coefficient (Wildman–Crippen LogP) is 5.94. The molecule has 4 nitrogen and oxygen atoms in total. The van der Waals surface area contributed by atoms with Gasteiger partial charge in [-0.3, -0.25) is 9.78 Å². The highest BCUT2D eigenvalue weighted by molar-refractivity contribution is 6.15. The largest absolute Gasteiger partial charge is 0.379 e. The van der Waals surface area contributed by atoms with Gasteiger partial charge in [-0.1, -0.05) is 83.0 Å². The van der Waals surface area contributed by atoms with Crippen LogP contribution in [0.2, 0.25) is 0 Å². The van der Waals surface area contributed by atoms with E-state index in [0.717, 1.165) is 33.4 Å². The van der Waals surface area contributed by atoms with E-state index in [2.05, 4.69) is 67.5 Å². The molecule has 0 fully saturated rings. The van der Waals surface area contributed by atoms with Crippen LogP contribution in [0.4, 0.5) is 0 Å². The number of Topliss-reactive ketones (excluding diaryl/α,β-unsaturated/α-hetero) is 1. The van der Waals surface area contributed by atoms with Gasteiger partial charge in [0.15, 0.2) is 0 Å². The van der Waals surface area contributed by atoms with Crippen LogP contribution in [0.5, 0.6) is 0 Å². The molecule has 1 aromatic heterocycles. The van der Waals surface area contributed by atoms with Crippen LogP contribution in [0.3, 0.4) is 0 Å². The van der Waals surface area contributed by atoms with Crippen LogP contribution >= 0.6 is 0 Å². The van der Waals surface area contributed by atoms with Crippen LogP contribution in [0.25, 0.3) is 10.9 Å². The molecular formula is C29H24N2O2. The molecule has 4 aromatic rings. The molecule has 2 aliphatic rings. The van der Waals surface area contributed by atoms with Gasteiger partial charge in [-0.25, -0.2) is 0 Å². The predicted molar refractivity (Wildman–Crippen MR) is 130 cm³/mol. The minimum absolute atomic E-state index is 0.0292. The number of aryl methyl sites for hydroxylation is 3. The summed E-state index contributed by atoms with van der Waals surface area (Å²) < 4.78 is 0. The van der Waals surface area contributed by atoms with Gasteiger partial charge < -0.3 is 4.84 Å². The van der Waals surface area contributed by atoms with E-state index in [-0.39, 0.29) is 11.7 Å². The van der Waals surface area contributed by atoms with Crippen LogP contribution in [0.1, 0.15) is 50.6 Å². The van der Waals surface area contributed by atoms with E-state index < -0.39 is 5.60 Å². The molecule has 162 valence electrons. The zero-order chi connectivity index (χ0) is 22.6. The fraction of sp³-hybridized carbons (Fsp3) is 0.207. The molecule has 33 heavy (non-hydrogen) atoms. The Morgan fingerprint density at radius 1 is 0.909 bits per heavy atom. The first-order chi connectivity index (χ1) is 16.0. The minimum Gasteiger partial charge on any atom is -0.379 e. The van der Waals surface area contributed by atoms with Crippen molar-refractivity contribution in [1.29, 1.82) is 0 Å². The van der Waals surface area contributed by atoms with Gasteiger partial charge in [0.05, 0.1) is 22.8 Å². The number of nitrogens with zero attached hydrogens (tertiary/aromatic N) is 2. The molecule has 6 rings (SSSR count). The van der Waals surface area contributed by atoms with E-state index in [4.69, 9.17) is 9.82 Å². The average molecular weight is 433 g/mol. The fourth-order valence-corrected chi connectivity index (χ4v) is 5.14. The number of aromatic nitrogens is 1. The SMILES string of the molecule is Cc1ccc(C2=NO[C@]3(CCc4nc5ccccc5cc4C3=O)[C@@H]2c2ccc(C)cc2)cc1. The quantitative estimate of drug-likeness (QED) is 0.394. The van der Waals surface area contributed by atoms with Gasteiger partial charge in [0, 0.05) is 22.9 Å². The van der Waals surface area contributed by atoms with E-state index in [1.807, 2.05) is 30.3 Å². The molecule has 1 aliphatic heterocycles. The van der Waals surface area contributed by atoms with Crippen LogP contribution < -0.4 is 0 Å². The van der Waals surface area contributed by atoms with Crippen molar-refractivity contribution >= 4 is 22.4 Å². The third kappa shape index (κ3) is 3.09. The molecule has 4 heteroatoms. The van der Waals surface area contributed by atoms with Gasteiger partial charge in [-0.15, -0.1) is 0 Å². The third-order valence-electron chi connectivity index (χ3n) is 6.97. The molecule has 2 heterocycles. The monoisotopic (exact) mass is 432 g/mol. The van der Waals surface area contributed by atoms with Crippen molar-refractivity contribution in [1.82, 2.24) is 4.98 Å². The van der Waals surface area contributed by atoms with Crippen molar-refractivity contribution in [3.05, 3.63) is 112 Å². The van der Waals surface area contributed by atoms with Gasteiger partial charge in [0.25, 0.3) is 0 Å². The molecule has 2 atom stereocenters. The summed E-state index contributed by atoms with van der Waals surface area (Å²) in [6.45, 7) is 4.13. The smallest absolute Gasteiger partial charge is 0.212 e. The summed E-state index contributed by atoms with van der Waals surface area (Å²) in [7, 11) is 0. The van der Waals surface area contributed by atoms with Gasteiger partial charge >= 0.3 is 0 Å². The van der Waals surface area contributed by atoms with Crippen LogP contribution in [0, 0.1) is 13.8 Å². The lowest BCUT2D eigenvalue weighted by Gasteiger charge is -2.35. The van der Waals surface area contributed by atoms with Crippen molar-refractivity contribution < 1.29 is 9.63 Å². The number of para-hydroxylation sites is 1. The molecule has 1 spiro atoms. The van der Waals surface area contributed by atoms with Gasteiger partial charge in [-0.05, 0) is 38.0 Å². The summed E-state index contributed by atoms with van der Waals surface area (Å²) in [6.07, 6.45) is 1.21. The van der Waals surface area contributed by atoms with Crippen molar-refractivity contribution in [3.8, 4) is 0 Å². The Labute approximate surface area is 192 Å². The summed E-state index contributed by atoms with van der Waals surface area (Å²) >= 11 is 0. The zero-order valence-corrected chi connectivity index (χ0v) is 18.7. The molecule has 0 unspecified atom stereocenters. The second-order valence-electron chi connectivity index (χ2n) is 9.17. The Kier molecular flexibility index (Phi) is 4.44. The number of rotatable bonds is 2. The highest BCUT2D eigenvalue weighted by Gasteiger charge is 2.57. The lowest BCUT2D eigenvalue weighted by atomic mass is 9.68. The van der Waals surface area contributed by atoms with Crippen molar-refractivity contribution in [2.24, 2.45) is 5.16 Å². The lowest BCUT2D eigenvalue weighted by Crippen LogP contribution is -2.48. The molecule has 0 radical (unpaired) electrons. The fourth-order valence-electron chi connectivity index (χ4n) is 5.14. The van der Waals surface area contributed by atoms with E-state index in [1.54, 1.807) is 0 Å². The average Bonchev–Trinajstić information content (AvgIpc) is 3.22. The Morgan fingerprint density at radius 3 is 2.36 bits per heavy atom. The summed E-state index contributed by atoms with van der Waals surface area (Å²) in [5, 5.41) is 5.52. The summed E-state index contributed by atoms with van der Waals surface area (Å²) in [5.41, 5.74) is 6.55. The molecule has 0 N–H and O–H groups in total. The number of ketones is 1. The Morgan fingerprint density at radius 2 is 1.61 bits per heavy atom. The number of carbonyl (C=O) groups excluding carboxylic acids is 1. The lowest BCUT2D eigenvalue weighted by molar-refractivity contribution is -0.0198. The molecule has 0 amide bonds. The van der Waals surface area contributed by atoms with Crippen LogP contribution in [-0.2, 0) is 11.3 Å². The Balaban J connectivity index is 1.50. The van der Waals surface area contributed by atoms with Gasteiger partial charge in [0.1, 0.15) is 0 Å². The maximum absolute atomic E-state index is 14.1. The van der Waals surface area contributed by atoms with E-state index in [9.17, 15) is 4.79 Å². The first-order valence-corrected chi connectivity index (χ1v) is 11.4. The van der Waals surface area contributed by atoms with E-state index in [0.29, 0.717) is 18.4 Å². The summed E-state index contributed by atoms with van der Waals surface area (Å²) in [4.78, 5) is 25.1.